The molecular weight excluding hydrogens is 691 g/mol. The first-order valence-corrected chi connectivity index (χ1v) is 20.8. The average molecular weight is 743 g/mol. The van der Waals surface area contributed by atoms with Gasteiger partial charge in [0.25, 0.3) is 6.71 Å². The number of hydrogen-bond acceptors (Lipinski definition) is 2. The highest BCUT2D eigenvalue weighted by Gasteiger charge is 2.48. The molecule has 2 aliphatic heterocycles. The number of nitrogens with zero attached hydrogens (tertiary/aromatic N) is 2. The van der Waals surface area contributed by atoms with Crippen LogP contribution in [0.1, 0.15) is 104 Å². The van der Waals surface area contributed by atoms with Gasteiger partial charge in [0, 0.05) is 50.0 Å². The molecule has 0 saturated carbocycles. The lowest BCUT2D eigenvalue weighted by atomic mass is 9.33. The van der Waals surface area contributed by atoms with Crippen LogP contribution < -0.4 is 21.3 Å². The standard InChI is InChI=1S/C53H51BN2O/c1-50(2,3)30-23-24-37-40(27-30)55(39-20-16-22-44-46(39)34-18-13-15-21-43(34)57-44)41-28-32(52(7,8)9)29-42-47(41)54(37)38-26-31(51(4,5)6)25-35-45-33-17-12-14-19-36(33)53(10,11)49(45)56(42)48(35)38/h12-29H,1-11H3. The molecule has 8 aromatic rings. The van der Waals surface area contributed by atoms with Crippen molar-refractivity contribution in [1.29, 1.82) is 0 Å². The van der Waals surface area contributed by atoms with E-state index >= 15 is 0 Å². The molecule has 3 aliphatic rings. The first-order valence-electron chi connectivity index (χ1n) is 20.8. The van der Waals surface area contributed by atoms with Crippen molar-refractivity contribution in [1.82, 2.24) is 4.57 Å². The summed E-state index contributed by atoms with van der Waals surface area (Å²) >= 11 is 0. The summed E-state index contributed by atoms with van der Waals surface area (Å²) in [5.74, 6) is 0. The summed E-state index contributed by atoms with van der Waals surface area (Å²) in [6, 6.07) is 41.9. The van der Waals surface area contributed by atoms with Gasteiger partial charge in [0.15, 0.2) is 0 Å². The summed E-state index contributed by atoms with van der Waals surface area (Å²) in [4.78, 5) is 2.61. The van der Waals surface area contributed by atoms with E-state index in [2.05, 4.69) is 195 Å². The molecule has 2 aromatic heterocycles. The van der Waals surface area contributed by atoms with E-state index in [4.69, 9.17) is 4.42 Å². The van der Waals surface area contributed by atoms with Crippen LogP contribution >= 0.6 is 0 Å². The van der Waals surface area contributed by atoms with Crippen molar-refractivity contribution >= 4 is 73.0 Å². The number of hydrogen-bond donors (Lipinski definition) is 0. The van der Waals surface area contributed by atoms with Gasteiger partial charge >= 0.3 is 0 Å². The highest BCUT2D eigenvalue weighted by atomic mass is 16.3. The Morgan fingerprint density at radius 2 is 1.19 bits per heavy atom. The lowest BCUT2D eigenvalue weighted by Gasteiger charge is -2.43. The van der Waals surface area contributed by atoms with E-state index in [1.54, 1.807) is 0 Å². The molecule has 0 bridgehead atoms. The van der Waals surface area contributed by atoms with Crippen molar-refractivity contribution < 1.29 is 4.42 Å². The zero-order chi connectivity index (χ0) is 39.7. The van der Waals surface area contributed by atoms with E-state index in [1.807, 2.05) is 0 Å². The molecule has 3 nitrogen and oxygen atoms in total. The molecule has 1 aliphatic carbocycles. The number of para-hydroxylation sites is 1. The predicted molar refractivity (Wildman–Crippen MR) is 244 cm³/mol. The van der Waals surface area contributed by atoms with Crippen molar-refractivity contribution in [3.8, 4) is 16.8 Å². The lowest BCUT2D eigenvalue weighted by molar-refractivity contribution is 0.588. The van der Waals surface area contributed by atoms with Gasteiger partial charge in [0.05, 0.1) is 11.1 Å². The van der Waals surface area contributed by atoms with E-state index < -0.39 is 0 Å². The summed E-state index contributed by atoms with van der Waals surface area (Å²) < 4.78 is 9.31. The average Bonchev–Trinajstić information content (AvgIpc) is 3.79. The Bertz CT molecular complexity index is 3060. The lowest BCUT2D eigenvalue weighted by Crippen LogP contribution is -2.61. The summed E-state index contributed by atoms with van der Waals surface area (Å²) in [5.41, 5.74) is 21.6. The van der Waals surface area contributed by atoms with Gasteiger partial charge in [-0.05, 0) is 103 Å². The Balaban J connectivity index is 1.36. The van der Waals surface area contributed by atoms with Crippen molar-refractivity contribution in [2.75, 3.05) is 4.90 Å². The largest absolute Gasteiger partial charge is 0.456 e. The molecule has 0 N–H and O–H groups in total. The summed E-state index contributed by atoms with van der Waals surface area (Å²) in [6.07, 6.45) is 0. The molecule has 0 atom stereocenters. The second-order valence-electron chi connectivity index (χ2n) is 20.7. The number of fused-ring (bicyclic) bond motifs is 12. The Labute approximate surface area is 337 Å². The number of aromatic nitrogens is 1. The minimum Gasteiger partial charge on any atom is -0.456 e. The monoisotopic (exact) mass is 742 g/mol. The Morgan fingerprint density at radius 3 is 1.95 bits per heavy atom. The van der Waals surface area contributed by atoms with Crippen LogP contribution in [0.3, 0.4) is 0 Å². The van der Waals surface area contributed by atoms with Gasteiger partial charge in [-0.2, -0.15) is 0 Å². The van der Waals surface area contributed by atoms with Crippen molar-refractivity contribution in [3.63, 3.8) is 0 Å². The van der Waals surface area contributed by atoms with Crippen LogP contribution in [0, 0.1) is 0 Å². The Morgan fingerprint density at radius 1 is 0.544 bits per heavy atom. The van der Waals surface area contributed by atoms with Crippen LogP contribution in [0.15, 0.2) is 114 Å². The van der Waals surface area contributed by atoms with Crippen molar-refractivity contribution in [3.05, 3.63) is 137 Å². The third kappa shape index (κ3) is 4.56. The molecule has 4 heterocycles. The van der Waals surface area contributed by atoms with Crippen LogP contribution in [0.4, 0.5) is 17.1 Å². The summed E-state index contributed by atoms with van der Waals surface area (Å²) in [6.45, 7) is 26.1. The van der Waals surface area contributed by atoms with Crippen molar-refractivity contribution in [2.45, 2.75) is 97.8 Å². The van der Waals surface area contributed by atoms with E-state index in [-0.39, 0.29) is 28.4 Å². The van der Waals surface area contributed by atoms with Gasteiger partial charge < -0.3 is 13.9 Å². The quantitative estimate of drug-likeness (QED) is 0.156. The van der Waals surface area contributed by atoms with Gasteiger partial charge in [-0.25, -0.2) is 0 Å². The maximum absolute atomic E-state index is 6.59. The molecule has 0 fully saturated rings. The van der Waals surface area contributed by atoms with Crippen LogP contribution in [0.25, 0.3) is 49.7 Å². The van der Waals surface area contributed by atoms with E-state index in [0.29, 0.717) is 0 Å². The molecule has 282 valence electrons. The minimum atomic E-state index is -0.198. The van der Waals surface area contributed by atoms with Gasteiger partial charge in [0.2, 0.25) is 0 Å². The van der Waals surface area contributed by atoms with E-state index in [0.717, 1.165) is 27.6 Å². The molecule has 0 amide bonds. The maximum atomic E-state index is 6.59. The SMILES string of the molecule is CC(C)(C)c1ccc2c(c1)N(c1cccc3oc4ccccc4c13)c1cc(C(C)(C)C)cc3c1B2c1cc(C(C)(C)C)cc2c4c(n-3c12)C(C)(C)c1ccccc1-4. The minimum absolute atomic E-state index is 0.0335. The van der Waals surface area contributed by atoms with Gasteiger partial charge in [-0.15, -0.1) is 0 Å². The molecule has 0 saturated heterocycles. The van der Waals surface area contributed by atoms with Crippen LogP contribution in [0.2, 0.25) is 0 Å². The number of benzene rings is 6. The predicted octanol–water partition coefficient (Wildman–Crippen LogP) is 12.3. The molecule has 11 rings (SSSR count). The van der Waals surface area contributed by atoms with Crippen molar-refractivity contribution in [2.24, 2.45) is 0 Å². The number of rotatable bonds is 1. The number of furan rings is 1. The van der Waals surface area contributed by atoms with Crippen LogP contribution in [-0.4, -0.2) is 11.3 Å². The molecule has 4 heteroatoms. The third-order valence-electron chi connectivity index (χ3n) is 13.6. The van der Waals surface area contributed by atoms with Crippen LogP contribution in [-0.2, 0) is 21.7 Å². The highest BCUT2D eigenvalue weighted by molar-refractivity contribution is 7.00. The summed E-state index contributed by atoms with van der Waals surface area (Å²) in [7, 11) is 0. The molecule has 0 spiro atoms. The third-order valence-corrected chi connectivity index (χ3v) is 13.6. The first kappa shape index (κ1) is 34.7. The normalized spacial score (nSPS) is 15.4. The Hall–Kier alpha value is -5.48. The fraction of sp³-hybridized carbons (Fsp3) is 0.283. The zero-order valence-corrected chi connectivity index (χ0v) is 35.3. The Kier molecular flexibility index (Phi) is 6.66. The fourth-order valence-corrected chi connectivity index (χ4v) is 10.6. The molecule has 6 aromatic carbocycles. The summed E-state index contributed by atoms with van der Waals surface area (Å²) in [5, 5.41) is 3.67. The van der Waals surface area contributed by atoms with Gasteiger partial charge in [-0.1, -0.05) is 143 Å². The van der Waals surface area contributed by atoms with Crippen LogP contribution in [0.5, 0.6) is 0 Å². The van der Waals surface area contributed by atoms with Gasteiger partial charge in [-0.3, -0.25) is 0 Å². The van der Waals surface area contributed by atoms with E-state index in [9.17, 15) is 0 Å². The fourth-order valence-electron chi connectivity index (χ4n) is 10.6. The zero-order valence-electron chi connectivity index (χ0n) is 35.3. The smallest absolute Gasteiger partial charge is 0.252 e. The first-order chi connectivity index (χ1) is 26.9. The maximum Gasteiger partial charge on any atom is 0.252 e. The topological polar surface area (TPSA) is 21.3 Å². The van der Waals surface area contributed by atoms with Gasteiger partial charge in [0.1, 0.15) is 11.2 Å². The highest BCUT2D eigenvalue weighted by Crippen LogP contribution is 2.55. The molecular formula is C53H51BN2O. The molecule has 57 heavy (non-hydrogen) atoms. The molecule has 0 radical (unpaired) electrons. The second kappa shape index (κ2) is 10.9. The second-order valence-corrected chi connectivity index (χ2v) is 20.7. The molecule has 0 unspecified atom stereocenters. The van der Waals surface area contributed by atoms with E-state index in [1.165, 1.54) is 83.4 Å². The number of anilines is 3.